The van der Waals surface area contributed by atoms with Crippen molar-refractivity contribution in [2.24, 2.45) is 0 Å². The zero-order valence-electron chi connectivity index (χ0n) is 11.1. The number of rotatable bonds is 9. The monoisotopic (exact) mass is 230 g/mol. The molecule has 0 radical (unpaired) electrons. The van der Waals surface area contributed by atoms with Crippen molar-refractivity contribution in [3.05, 3.63) is 0 Å². The second kappa shape index (κ2) is 9.66. The van der Waals surface area contributed by atoms with E-state index >= 15 is 0 Å². The van der Waals surface area contributed by atoms with Gasteiger partial charge in [0.05, 0.1) is 0 Å². The van der Waals surface area contributed by atoms with Gasteiger partial charge in [0.1, 0.15) is 0 Å². The quantitative estimate of drug-likeness (QED) is 0.559. The third kappa shape index (κ3) is 8.28. The summed E-state index contributed by atoms with van der Waals surface area (Å²) in [5.41, 5.74) is 0. The van der Waals surface area contributed by atoms with Gasteiger partial charge in [-0.1, -0.05) is 33.6 Å². The van der Waals surface area contributed by atoms with Crippen LogP contribution in [-0.2, 0) is 7.58 Å². The SMILES string of the molecule is CCC[CH2][Al]([O]C(C)CC)[O]C(C)CC. The molecule has 0 aromatic carbocycles. The Morgan fingerprint density at radius 1 is 0.933 bits per heavy atom. The van der Waals surface area contributed by atoms with Crippen molar-refractivity contribution in [2.45, 2.75) is 77.8 Å². The zero-order chi connectivity index (χ0) is 11.7. The molecule has 0 spiro atoms. The average Bonchev–Trinajstić information content (AvgIpc) is 2.25. The van der Waals surface area contributed by atoms with E-state index in [0.29, 0.717) is 12.2 Å². The molecule has 2 nitrogen and oxygen atoms in total. The summed E-state index contributed by atoms with van der Waals surface area (Å²) in [5, 5.41) is 1.16. The predicted octanol–water partition coefficient (Wildman–Crippen LogP) is 3.90. The van der Waals surface area contributed by atoms with E-state index in [1.807, 2.05) is 0 Å². The first-order chi connectivity index (χ1) is 7.13. The molecular formula is C12H27AlO2. The Morgan fingerprint density at radius 3 is 1.73 bits per heavy atom. The molecule has 0 N–H and O–H groups in total. The maximum atomic E-state index is 5.99. The average molecular weight is 230 g/mol. The third-order valence-electron chi connectivity index (χ3n) is 2.71. The highest BCUT2D eigenvalue weighted by molar-refractivity contribution is 6.44. The van der Waals surface area contributed by atoms with Gasteiger partial charge in [0.25, 0.3) is 0 Å². The summed E-state index contributed by atoms with van der Waals surface area (Å²) in [6.45, 7) is 10.8. The van der Waals surface area contributed by atoms with Crippen LogP contribution in [0.4, 0.5) is 0 Å². The fraction of sp³-hybridized carbons (Fsp3) is 1.00. The smallest absolute Gasteiger partial charge is 0.476 e. The lowest BCUT2D eigenvalue weighted by atomic mass is 10.3. The largest absolute Gasteiger partial charge is 0.674 e. The van der Waals surface area contributed by atoms with Crippen molar-refractivity contribution in [3.63, 3.8) is 0 Å². The van der Waals surface area contributed by atoms with Crippen molar-refractivity contribution in [3.8, 4) is 0 Å². The van der Waals surface area contributed by atoms with Crippen LogP contribution in [-0.4, -0.2) is 27.0 Å². The van der Waals surface area contributed by atoms with Crippen LogP contribution in [0.1, 0.15) is 60.3 Å². The molecule has 2 unspecified atom stereocenters. The van der Waals surface area contributed by atoms with Crippen molar-refractivity contribution >= 4 is 14.8 Å². The van der Waals surface area contributed by atoms with Gasteiger partial charge < -0.3 is 7.58 Å². The highest BCUT2D eigenvalue weighted by atomic mass is 27.2. The molecule has 0 amide bonds. The normalized spacial score (nSPS) is 15.0. The van der Waals surface area contributed by atoms with E-state index in [2.05, 4.69) is 34.6 Å². The highest BCUT2D eigenvalue weighted by Crippen LogP contribution is 2.11. The van der Waals surface area contributed by atoms with Crippen molar-refractivity contribution in [1.82, 2.24) is 0 Å². The molecular weight excluding hydrogens is 203 g/mol. The van der Waals surface area contributed by atoms with Crippen LogP contribution < -0.4 is 0 Å². The summed E-state index contributed by atoms with van der Waals surface area (Å²) in [6, 6.07) is 0. The van der Waals surface area contributed by atoms with Gasteiger partial charge in [-0.2, -0.15) is 0 Å². The van der Waals surface area contributed by atoms with E-state index in [4.69, 9.17) is 7.58 Å². The van der Waals surface area contributed by atoms with E-state index in [-0.39, 0.29) is 0 Å². The standard InChI is InChI=1S/2C4H9O.C4H9.Al/c2*1-3-4(2)5;1-3-4-2;/h2*4H,3H2,1-2H3;1,3-4H2,2H3;/q2*-1;;+2. The van der Waals surface area contributed by atoms with E-state index in [9.17, 15) is 0 Å². The highest BCUT2D eigenvalue weighted by Gasteiger charge is 2.27. The molecule has 0 aromatic heterocycles. The molecule has 0 rings (SSSR count). The van der Waals surface area contributed by atoms with Crippen LogP contribution >= 0.6 is 0 Å². The van der Waals surface area contributed by atoms with E-state index in [0.717, 1.165) is 18.1 Å². The maximum Gasteiger partial charge on any atom is 0.674 e. The molecule has 0 bridgehead atoms. The van der Waals surface area contributed by atoms with Crippen LogP contribution in [0.3, 0.4) is 0 Å². The number of hydrogen-bond acceptors (Lipinski definition) is 2. The molecule has 0 saturated carbocycles. The summed E-state index contributed by atoms with van der Waals surface area (Å²) < 4.78 is 12.0. The molecule has 90 valence electrons. The van der Waals surface area contributed by atoms with Crippen LogP contribution in [0.5, 0.6) is 0 Å². The maximum absolute atomic E-state index is 5.99. The van der Waals surface area contributed by atoms with Gasteiger partial charge in [0.2, 0.25) is 0 Å². The molecule has 2 atom stereocenters. The first-order valence-corrected chi connectivity index (χ1v) is 8.20. The second-order valence-corrected chi connectivity index (χ2v) is 6.26. The summed E-state index contributed by atoms with van der Waals surface area (Å²) in [4.78, 5) is 0. The van der Waals surface area contributed by atoms with Gasteiger partial charge in [-0.05, 0) is 32.0 Å². The molecule has 0 heterocycles. The van der Waals surface area contributed by atoms with Gasteiger partial charge in [0.15, 0.2) is 0 Å². The molecule has 15 heavy (non-hydrogen) atoms. The van der Waals surface area contributed by atoms with Crippen molar-refractivity contribution in [1.29, 1.82) is 0 Å². The predicted molar refractivity (Wildman–Crippen MR) is 67.1 cm³/mol. The van der Waals surface area contributed by atoms with E-state index in [1.165, 1.54) is 12.8 Å². The Labute approximate surface area is 100 Å². The lowest BCUT2D eigenvalue weighted by Crippen LogP contribution is -2.30. The summed E-state index contributed by atoms with van der Waals surface area (Å²) in [5.74, 6) is 0. The second-order valence-electron chi connectivity index (χ2n) is 4.28. The van der Waals surface area contributed by atoms with Crippen LogP contribution in [0.15, 0.2) is 0 Å². The van der Waals surface area contributed by atoms with Gasteiger partial charge in [-0.25, -0.2) is 0 Å². The molecule has 3 heteroatoms. The first kappa shape index (κ1) is 15.5. The topological polar surface area (TPSA) is 18.5 Å². The summed E-state index contributed by atoms with van der Waals surface area (Å²) in [7, 11) is 0. The molecule has 0 aliphatic rings. The van der Waals surface area contributed by atoms with Gasteiger partial charge in [-0.3, -0.25) is 0 Å². The van der Waals surface area contributed by atoms with Gasteiger partial charge in [0, 0.05) is 12.2 Å². The molecule has 0 aliphatic heterocycles. The molecule has 0 aromatic rings. The third-order valence-corrected chi connectivity index (χ3v) is 5.13. The lowest BCUT2D eigenvalue weighted by Gasteiger charge is -2.21. The van der Waals surface area contributed by atoms with E-state index < -0.39 is 14.8 Å². The fourth-order valence-corrected chi connectivity index (χ4v) is 3.75. The number of unbranched alkanes of at least 4 members (excludes halogenated alkanes) is 1. The Bertz CT molecular complexity index is 130. The Hall–Kier alpha value is 0.452. The minimum atomic E-state index is -1.40. The molecule has 0 fully saturated rings. The Morgan fingerprint density at radius 2 is 1.40 bits per heavy atom. The minimum absolute atomic E-state index is 0.363. The van der Waals surface area contributed by atoms with Crippen molar-refractivity contribution < 1.29 is 7.58 Å². The fourth-order valence-electron chi connectivity index (χ4n) is 1.25. The minimum Gasteiger partial charge on any atom is -0.476 e. The van der Waals surface area contributed by atoms with E-state index in [1.54, 1.807) is 0 Å². The first-order valence-electron chi connectivity index (χ1n) is 6.44. The Balaban J connectivity index is 3.93. The summed E-state index contributed by atoms with van der Waals surface area (Å²) in [6.07, 6.45) is 5.37. The zero-order valence-corrected chi connectivity index (χ0v) is 12.2. The van der Waals surface area contributed by atoms with Crippen LogP contribution in [0.2, 0.25) is 5.28 Å². The van der Waals surface area contributed by atoms with Crippen LogP contribution in [0.25, 0.3) is 0 Å². The van der Waals surface area contributed by atoms with Gasteiger partial charge in [-0.15, -0.1) is 0 Å². The van der Waals surface area contributed by atoms with Crippen LogP contribution in [0, 0.1) is 0 Å². The molecule has 0 saturated heterocycles. The lowest BCUT2D eigenvalue weighted by molar-refractivity contribution is 0.110. The molecule has 0 aliphatic carbocycles. The Kier molecular flexibility index (Phi) is 9.95. The summed E-state index contributed by atoms with van der Waals surface area (Å²) >= 11 is -1.40. The van der Waals surface area contributed by atoms with Crippen molar-refractivity contribution in [2.75, 3.05) is 0 Å². The van der Waals surface area contributed by atoms with Gasteiger partial charge >= 0.3 is 14.8 Å². The number of hydrogen-bond donors (Lipinski definition) is 0.